The van der Waals surface area contributed by atoms with Gasteiger partial charge in [0.15, 0.2) is 0 Å². The van der Waals surface area contributed by atoms with E-state index in [0.717, 1.165) is 18.7 Å². The predicted molar refractivity (Wildman–Crippen MR) is 84.9 cm³/mol. The average molecular weight is 325 g/mol. The molecule has 2 aliphatic heterocycles. The molecule has 0 spiro atoms. The van der Waals surface area contributed by atoms with Gasteiger partial charge in [-0.15, -0.1) is 12.4 Å². The van der Waals surface area contributed by atoms with Gasteiger partial charge in [0.05, 0.1) is 13.0 Å². The number of amides is 1. The summed E-state index contributed by atoms with van der Waals surface area (Å²) in [4.78, 5) is 25.9. The second-order valence-corrected chi connectivity index (χ2v) is 5.68. The molecule has 0 bridgehead atoms. The van der Waals surface area contributed by atoms with Crippen molar-refractivity contribution in [2.75, 3.05) is 20.2 Å². The Morgan fingerprint density at radius 3 is 2.55 bits per heavy atom. The maximum absolute atomic E-state index is 12.5. The largest absolute Gasteiger partial charge is 0.469 e. The molecule has 0 unspecified atom stereocenters. The number of methoxy groups -OCH3 is 1. The number of likely N-dealkylation sites (tertiary alicyclic amines) is 1. The molecule has 0 saturated carbocycles. The fourth-order valence-electron chi connectivity index (χ4n) is 3.10. The summed E-state index contributed by atoms with van der Waals surface area (Å²) in [5.74, 6) is -0.165. The predicted octanol–water partition coefficient (Wildman–Crippen LogP) is 1.74. The van der Waals surface area contributed by atoms with Gasteiger partial charge in [0.2, 0.25) is 0 Å². The number of esters is 1. The van der Waals surface area contributed by atoms with Crippen LogP contribution in [0.25, 0.3) is 0 Å². The van der Waals surface area contributed by atoms with E-state index in [-0.39, 0.29) is 30.2 Å². The second-order valence-electron chi connectivity index (χ2n) is 5.68. The van der Waals surface area contributed by atoms with Gasteiger partial charge in [-0.1, -0.05) is 6.07 Å². The molecule has 1 N–H and O–H groups in total. The Labute approximate surface area is 136 Å². The molecular weight excluding hydrogens is 304 g/mol. The van der Waals surface area contributed by atoms with Crippen molar-refractivity contribution in [1.29, 1.82) is 0 Å². The van der Waals surface area contributed by atoms with Gasteiger partial charge in [-0.25, -0.2) is 0 Å². The smallest absolute Gasteiger partial charge is 0.308 e. The Hall–Kier alpha value is -1.59. The molecule has 2 aliphatic rings. The number of benzene rings is 1. The number of carbonyl (C=O) groups excluding carboxylic acids is 2. The number of hydrogen-bond acceptors (Lipinski definition) is 4. The van der Waals surface area contributed by atoms with Crippen molar-refractivity contribution >= 4 is 24.3 Å². The molecule has 1 fully saturated rings. The fraction of sp³-hybridized carbons (Fsp3) is 0.500. The number of ether oxygens (including phenoxy) is 1. The van der Waals surface area contributed by atoms with E-state index in [0.29, 0.717) is 25.9 Å². The number of nitrogens with zero attached hydrogens (tertiary/aromatic N) is 1. The van der Waals surface area contributed by atoms with E-state index in [1.165, 1.54) is 18.2 Å². The minimum atomic E-state index is -0.161. The van der Waals surface area contributed by atoms with Crippen molar-refractivity contribution in [2.45, 2.75) is 25.9 Å². The SMILES string of the molecule is COC(=O)C1CCN(C(=O)c2ccc3c(c2)CNC3)CC1.Cl. The zero-order chi connectivity index (χ0) is 14.8. The number of fused-ring (bicyclic) bond motifs is 1. The van der Waals surface area contributed by atoms with Crippen LogP contribution in [0.3, 0.4) is 0 Å². The van der Waals surface area contributed by atoms with Crippen molar-refractivity contribution in [3.63, 3.8) is 0 Å². The van der Waals surface area contributed by atoms with Crippen LogP contribution in [0.4, 0.5) is 0 Å². The zero-order valence-corrected chi connectivity index (χ0v) is 13.4. The van der Waals surface area contributed by atoms with Gasteiger partial charge in [-0.2, -0.15) is 0 Å². The monoisotopic (exact) mass is 324 g/mol. The topological polar surface area (TPSA) is 58.6 Å². The average Bonchev–Trinajstić information content (AvgIpc) is 3.01. The van der Waals surface area contributed by atoms with Crippen molar-refractivity contribution in [3.05, 3.63) is 34.9 Å². The quantitative estimate of drug-likeness (QED) is 0.842. The third kappa shape index (κ3) is 3.25. The first kappa shape index (κ1) is 16.8. The molecule has 2 heterocycles. The van der Waals surface area contributed by atoms with Crippen LogP contribution in [0.2, 0.25) is 0 Å². The first-order valence-electron chi connectivity index (χ1n) is 7.38. The minimum absolute atomic E-state index is 0. The molecule has 1 amide bonds. The van der Waals surface area contributed by atoms with E-state index < -0.39 is 0 Å². The summed E-state index contributed by atoms with van der Waals surface area (Å²) in [6.45, 7) is 2.96. The van der Waals surface area contributed by atoms with Crippen LogP contribution in [0, 0.1) is 5.92 Å². The van der Waals surface area contributed by atoms with Crippen LogP contribution < -0.4 is 5.32 Å². The van der Waals surface area contributed by atoms with Gasteiger partial charge in [-0.3, -0.25) is 9.59 Å². The highest BCUT2D eigenvalue weighted by Gasteiger charge is 2.28. The van der Waals surface area contributed by atoms with E-state index in [1.54, 1.807) is 0 Å². The number of carbonyl (C=O) groups is 2. The van der Waals surface area contributed by atoms with Gasteiger partial charge >= 0.3 is 5.97 Å². The molecule has 0 aromatic heterocycles. The third-order valence-corrected chi connectivity index (χ3v) is 4.40. The minimum Gasteiger partial charge on any atom is -0.469 e. The number of hydrogen-bond donors (Lipinski definition) is 1. The molecule has 120 valence electrons. The summed E-state index contributed by atoms with van der Waals surface area (Å²) in [5, 5.41) is 3.28. The molecule has 5 nitrogen and oxygen atoms in total. The van der Waals surface area contributed by atoms with Crippen molar-refractivity contribution < 1.29 is 14.3 Å². The van der Waals surface area contributed by atoms with Gasteiger partial charge in [0.25, 0.3) is 5.91 Å². The number of piperidine rings is 1. The molecule has 1 aromatic rings. The standard InChI is InChI=1S/C16H20N2O3.ClH/c1-21-16(20)11-4-6-18(7-5-11)15(19)12-2-3-13-9-17-10-14(13)8-12;/h2-3,8,11,17H,4-7,9-10H2,1H3;1H. The summed E-state index contributed by atoms with van der Waals surface area (Å²) in [6.07, 6.45) is 1.37. The van der Waals surface area contributed by atoms with Gasteiger partial charge in [-0.05, 0) is 36.1 Å². The summed E-state index contributed by atoms with van der Waals surface area (Å²) < 4.78 is 4.77. The maximum atomic E-state index is 12.5. The van der Waals surface area contributed by atoms with Crippen LogP contribution in [-0.4, -0.2) is 37.0 Å². The number of rotatable bonds is 2. The Kier molecular flexibility index (Phi) is 5.42. The molecule has 6 heteroatoms. The van der Waals surface area contributed by atoms with E-state index in [2.05, 4.69) is 5.32 Å². The molecule has 0 aliphatic carbocycles. The highest BCUT2D eigenvalue weighted by atomic mass is 35.5. The second kappa shape index (κ2) is 7.11. The van der Waals surface area contributed by atoms with Crippen molar-refractivity contribution in [2.24, 2.45) is 5.92 Å². The Balaban J connectivity index is 0.00000176. The normalized spacial score (nSPS) is 17.6. The highest BCUT2D eigenvalue weighted by Crippen LogP contribution is 2.22. The lowest BCUT2D eigenvalue weighted by Crippen LogP contribution is -2.40. The van der Waals surface area contributed by atoms with Gasteiger partial charge in [0, 0.05) is 31.7 Å². The lowest BCUT2D eigenvalue weighted by Gasteiger charge is -2.30. The summed E-state index contributed by atoms with van der Waals surface area (Å²) in [6, 6.07) is 5.92. The van der Waals surface area contributed by atoms with Crippen molar-refractivity contribution in [3.8, 4) is 0 Å². The first-order chi connectivity index (χ1) is 10.2. The lowest BCUT2D eigenvalue weighted by molar-refractivity contribution is -0.146. The Morgan fingerprint density at radius 1 is 1.18 bits per heavy atom. The van der Waals surface area contributed by atoms with E-state index in [4.69, 9.17) is 4.74 Å². The van der Waals surface area contributed by atoms with Crippen molar-refractivity contribution in [1.82, 2.24) is 10.2 Å². The highest BCUT2D eigenvalue weighted by molar-refractivity contribution is 5.94. The van der Waals surface area contributed by atoms with E-state index >= 15 is 0 Å². The molecule has 1 aromatic carbocycles. The van der Waals surface area contributed by atoms with E-state index in [9.17, 15) is 9.59 Å². The third-order valence-electron chi connectivity index (χ3n) is 4.40. The van der Waals surface area contributed by atoms with Crippen LogP contribution in [0.15, 0.2) is 18.2 Å². The summed E-state index contributed by atoms with van der Waals surface area (Å²) in [5.41, 5.74) is 3.23. The zero-order valence-electron chi connectivity index (χ0n) is 12.6. The molecule has 1 saturated heterocycles. The van der Waals surface area contributed by atoms with Gasteiger partial charge in [0.1, 0.15) is 0 Å². The fourth-order valence-corrected chi connectivity index (χ4v) is 3.10. The molecular formula is C16H21ClN2O3. The van der Waals surface area contributed by atoms with Crippen LogP contribution in [0.5, 0.6) is 0 Å². The lowest BCUT2D eigenvalue weighted by atomic mass is 9.96. The Morgan fingerprint density at radius 2 is 1.86 bits per heavy atom. The summed E-state index contributed by atoms with van der Waals surface area (Å²) in [7, 11) is 1.42. The number of nitrogens with one attached hydrogen (secondary N) is 1. The summed E-state index contributed by atoms with van der Waals surface area (Å²) >= 11 is 0. The van der Waals surface area contributed by atoms with Crippen LogP contribution in [-0.2, 0) is 22.6 Å². The maximum Gasteiger partial charge on any atom is 0.308 e. The van der Waals surface area contributed by atoms with Crippen LogP contribution >= 0.6 is 12.4 Å². The molecule has 22 heavy (non-hydrogen) atoms. The van der Waals surface area contributed by atoms with E-state index in [1.807, 2.05) is 23.1 Å². The molecule has 3 rings (SSSR count). The van der Waals surface area contributed by atoms with Gasteiger partial charge < -0.3 is 15.0 Å². The number of halogens is 1. The first-order valence-corrected chi connectivity index (χ1v) is 7.38. The molecule has 0 radical (unpaired) electrons. The Bertz CT molecular complexity index is 569. The molecule has 0 atom stereocenters. The van der Waals surface area contributed by atoms with Crippen LogP contribution in [0.1, 0.15) is 34.3 Å².